The Morgan fingerprint density at radius 2 is 2.09 bits per heavy atom. The van der Waals surface area contributed by atoms with E-state index in [0.29, 0.717) is 23.8 Å². The molecule has 1 aromatic carbocycles. The molecule has 4 nitrogen and oxygen atoms in total. The van der Waals surface area contributed by atoms with E-state index in [9.17, 15) is 9.59 Å². The highest BCUT2D eigenvalue weighted by atomic mass is 35.5. The number of esters is 1. The fourth-order valence-corrected chi connectivity index (χ4v) is 3.18. The number of amides is 1. The van der Waals surface area contributed by atoms with E-state index in [-0.39, 0.29) is 5.91 Å². The van der Waals surface area contributed by atoms with Crippen LogP contribution in [-0.2, 0) is 20.7 Å². The number of hydrogen-bond donors (Lipinski definition) is 1. The van der Waals surface area contributed by atoms with E-state index in [1.807, 2.05) is 12.1 Å². The first-order valence-electron chi connectivity index (χ1n) is 7.70. The Balaban J connectivity index is 1.96. The van der Waals surface area contributed by atoms with Crippen LogP contribution in [0.1, 0.15) is 37.7 Å². The van der Waals surface area contributed by atoms with Crippen molar-refractivity contribution in [3.05, 3.63) is 34.9 Å². The van der Waals surface area contributed by atoms with Crippen molar-refractivity contribution in [2.75, 3.05) is 7.11 Å². The van der Waals surface area contributed by atoms with Gasteiger partial charge in [0.1, 0.15) is 6.04 Å². The average molecular weight is 324 g/mol. The zero-order chi connectivity index (χ0) is 15.9. The van der Waals surface area contributed by atoms with Crippen LogP contribution in [0.15, 0.2) is 24.3 Å². The lowest BCUT2D eigenvalue weighted by Crippen LogP contribution is -2.43. The molecule has 1 amide bonds. The molecule has 1 atom stereocenters. The number of rotatable bonds is 6. The van der Waals surface area contributed by atoms with Gasteiger partial charge in [-0.1, -0.05) is 36.6 Å². The molecule has 1 aliphatic carbocycles. The molecule has 0 unspecified atom stereocenters. The lowest BCUT2D eigenvalue weighted by molar-refractivity contribution is -0.145. The molecule has 120 valence electrons. The van der Waals surface area contributed by atoms with E-state index in [1.165, 1.54) is 20.0 Å². The Morgan fingerprint density at radius 1 is 1.36 bits per heavy atom. The molecular formula is C17H22ClNO3. The van der Waals surface area contributed by atoms with Gasteiger partial charge < -0.3 is 10.1 Å². The summed E-state index contributed by atoms with van der Waals surface area (Å²) in [5.41, 5.74) is 0.893. The van der Waals surface area contributed by atoms with Crippen molar-refractivity contribution in [1.82, 2.24) is 5.32 Å². The minimum absolute atomic E-state index is 0.0793. The van der Waals surface area contributed by atoms with Gasteiger partial charge in [-0.2, -0.15) is 0 Å². The molecule has 0 radical (unpaired) electrons. The normalized spacial score (nSPS) is 16.3. The fourth-order valence-electron chi connectivity index (χ4n) is 2.97. The second-order valence-electron chi connectivity index (χ2n) is 5.83. The molecule has 1 saturated carbocycles. The van der Waals surface area contributed by atoms with Gasteiger partial charge in [0.05, 0.1) is 7.11 Å². The second kappa shape index (κ2) is 8.18. The minimum atomic E-state index is -0.669. The van der Waals surface area contributed by atoms with Crippen LogP contribution in [-0.4, -0.2) is 25.0 Å². The molecular weight excluding hydrogens is 302 g/mol. The van der Waals surface area contributed by atoms with Gasteiger partial charge in [-0.25, -0.2) is 4.79 Å². The van der Waals surface area contributed by atoms with Gasteiger partial charge in [-0.15, -0.1) is 0 Å². The number of benzene rings is 1. The molecule has 0 aliphatic heterocycles. The van der Waals surface area contributed by atoms with Crippen LogP contribution in [0.4, 0.5) is 0 Å². The molecule has 1 aromatic rings. The molecule has 0 aromatic heterocycles. The van der Waals surface area contributed by atoms with Crippen molar-refractivity contribution >= 4 is 23.5 Å². The van der Waals surface area contributed by atoms with Gasteiger partial charge in [0.15, 0.2) is 0 Å². The van der Waals surface area contributed by atoms with Crippen LogP contribution in [0.5, 0.6) is 0 Å². The van der Waals surface area contributed by atoms with Crippen LogP contribution in [0.25, 0.3) is 0 Å². The number of nitrogens with one attached hydrogen (secondary N) is 1. The molecule has 1 N–H and O–H groups in total. The molecule has 0 saturated heterocycles. The van der Waals surface area contributed by atoms with Gasteiger partial charge in [0.25, 0.3) is 0 Å². The Labute approximate surface area is 136 Å². The lowest BCUT2D eigenvalue weighted by Gasteiger charge is -2.18. The highest BCUT2D eigenvalue weighted by Crippen LogP contribution is 2.27. The topological polar surface area (TPSA) is 55.4 Å². The largest absolute Gasteiger partial charge is 0.467 e. The monoisotopic (exact) mass is 323 g/mol. The predicted octanol–water partition coefficient (Wildman–Crippen LogP) is 3.12. The summed E-state index contributed by atoms with van der Waals surface area (Å²) < 4.78 is 4.80. The number of hydrogen-bond acceptors (Lipinski definition) is 3. The van der Waals surface area contributed by atoms with Crippen LogP contribution < -0.4 is 5.32 Å². The number of carbonyl (C=O) groups excluding carboxylic acids is 2. The zero-order valence-electron chi connectivity index (χ0n) is 12.8. The van der Waals surface area contributed by atoms with E-state index >= 15 is 0 Å². The quantitative estimate of drug-likeness (QED) is 0.818. The van der Waals surface area contributed by atoms with Crippen molar-refractivity contribution in [2.24, 2.45) is 5.92 Å². The first-order chi connectivity index (χ1) is 10.6. The van der Waals surface area contributed by atoms with Crippen LogP contribution in [0.2, 0.25) is 5.02 Å². The molecule has 2 rings (SSSR count). The second-order valence-corrected chi connectivity index (χ2v) is 6.27. The van der Waals surface area contributed by atoms with E-state index < -0.39 is 12.0 Å². The van der Waals surface area contributed by atoms with E-state index in [4.69, 9.17) is 16.3 Å². The summed E-state index contributed by atoms with van der Waals surface area (Å²) >= 11 is 5.96. The smallest absolute Gasteiger partial charge is 0.328 e. The summed E-state index contributed by atoms with van der Waals surface area (Å²) in [6, 6.07) is 6.60. The van der Waals surface area contributed by atoms with Crippen molar-refractivity contribution < 1.29 is 14.3 Å². The maximum atomic E-state index is 12.1. The third-order valence-corrected chi connectivity index (χ3v) is 4.33. The van der Waals surface area contributed by atoms with E-state index in [1.54, 1.807) is 12.1 Å². The zero-order valence-corrected chi connectivity index (χ0v) is 13.6. The molecule has 5 heteroatoms. The third-order valence-electron chi connectivity index (χ3n) is 4.10. The van der Waals surface area contributed by atoms with Crippen molar-refractivity contribution in [1.29, 1.82) is 0 Å². The summed E-state index contributed by atoms with van der Waals surface area (Å²) in [7, 11) is 1.33. The highest BCUT2D eigenvalue weighted by molar-refractivity contribution is 6.30. The molecule has 0 spiro atoms. The highest BCUT2D eigenvalue weighted by Gasteiger charge is 2.24. The van der Waals surface area contributed by atoms with Crippen molar-refractivity contribution in [3.63, 3.8) is 0 Å². The Hall–Kier alpha value is -1.55. The van der Waals surface area contributed by atoms with E-state index in [2.05, 4.69) is 5.32 Å². The molecule has 1 aliphatic rings. The summed E-state index contributed by atoms with van der Waals surface area (Å²) in [6.07, 6.45) is 5.46. The minimum Gasteiger partial charge on any atom is -0.467 e. The van der Waals surface area contributed by atoms with Crippen molar-refractivity contribution in [2.45, 2.75) is 44.6 Å². The maximum absolute atomic E-state index is 12.1. The SMILES string of the molecule is COC(=O)[C@H](Cc1cccc(Cl)c1)NC(=O)CC1CCCC1. The Kier molecular flexibility index (Phi) is 6.25. The summed E-state index contributed by atoms with van der Waals surface area (Å²) in [5, 5.41) is 3.42. The van der Waals surface area contributed by atoms with Crippen LogP contribution in [0, 0.1) is 5.92 Å². The van der Waals surface area contributed by atoms with Gasteiger partial charge >= 0.3 is 5.97 Å². The lowest BCUT2D eigenvalue weighted by atomic mass is 10.0. The van der Waals surface area contributed by atoms with Gasteiger partial charge in [0.2, 0.25) is 5.91 Å². The number of carbonyl (C=O) groups is 2. The Morgan fingerprint density at radius 3 is 2.73 bits per heavy atom. The third kappa shape index (κ3) is 5.02. The Bertz CT molecular complexity index is 526. The van der Waals surface area contributed by atoms with Gasteiger partial charge in [0, 0.05) is 17.9 Å². The number of ether oxygens (including phenoxy) is 1. The van der Waals surface area contributed by atoms with Crippen LogP contribution in [0.3, 0.4) is 0 Å². The first kappa shape index (κ1) is 16.8. The molecule has 22 heavy (non-hydrogen) atoms. The number of halogens is 1. The standard InChI is InChI=1S/C17H22ClNO3/c1-22-17(21)15(10-13-7-4-8-14(18)9-13)19-16(20)11-12-5-2-3-6-12/h4,7-9,12,15H,2-3,5-6,10-11H2,1H3,(H,19,20)/t15-/m0/s1. The summed E-state index contributed by atoms with van der Waals surface area (Å²) in [4.78, 5) is 24.0. The maximum Gasteiger partial charge on any atom is 0.328 e. The molecule has 0 bridgehead atoms. The van der Waals surface area contributed by atoms with Gasteiger partial charge in [-0.3, -0.25) is 4.79 Å². The van der Waals surface area contributed by atoms with Gasteiger partial charge in [-0.05, 0) is 36.5 Å². The van der Waals surface area contributed by atoms with Crippen molar-refractivity contribution in [3.8, 4) is 0 Å². The molecule has 0 heterocycles. The van der Waals surface area contributed by atoms with E-state index in [0.717, 1.165) is 18.4 Å². The predicted molar refractivity (Wildman–Crippen MR) is 85.7 cm³/mol. The first-order valence-corrected chi connectivity index (χ1v) is 8.08. The van der Waals surface area contributed by atoms with Crippen LogP contribution >= 0.6 is 11.6 Å². The summed E-state index contributed by atoms with van der Waals surface area (Å²) in [6.45, 7) is 0. The summed E-state index contributed by atoms with van der Waals surface area (Å²) in [5.74, 6) is -0.0615. The average Bonchev–Trinajstić information content (AvgIpc) is 2.98. The fraction of sp³-hybridized carbons (Fsp3) is 0.529. The molecule has 1 fully saturated rings. The number of methoxy groups -OCH3 is 1.